The van der Waals surface area contributed by atoms with Crippen LogP contribution in [0.15, 0.2) is 36.5 Å². The number of anilines is 2. The molecule has 2 heterocycles. The van der Waals surface area contributed by atoms with E-state index >= 15 is 0 Å². The summed E-state index contributed by atoms with van der Waals surface area (Å²) >= 11 is 0. The molecular weight excluding hydrogens is 274 g/mol. The summed E-state index contributed by atoms with van der Waals surface area (Å²) in [7, 11) is 0. The number of aromatic nitrogens is 1. The van der Waals surface area contributed by atoms with Crippen LogP contribution in [0.1, 0.15) is 31.1 Å². The second kappa shape index (κ2) is 4.41. The molecule has 21 heavy (non-hydrogen) atoms. The number of rotatable bonds is 2. The summed E-state index contributed by atoms with van der Waals surface area (Å²) in [5.74, 6) is -2.39. The molecule has 2 aromatic rings. The van der Waals surface area contributed by atoms with E-state index in [0.717, 1.165) is 4.90 Å². The zero-order valence-electron chi connectivity index (χ0n) is 10.6. The highest BCUT2D eigenvalue weighted by Crippen LogP contribution is 2.30. The van der Waals surface area contributed by atoms with Crippen LogP contribution in [0.4, 0.5) is 11.5 Å². The first-order chi connectivity index (χ1) is 10.0. The summed E-state index contributed by atoms with van der Waals surface area (Å²) in [5.41, 5.74) is 6.16. The number of imide groups is 1. The zero-order chi connectivity index (χ0) is 15.1. The van der Waals surface area contributed by atoms with Gasteiger partial charge in [0.05, 0.1) is 16.7 Å². The fourth-order valence-electron chi connectivity index (χ4n) is 2.19. The van der Waals surface area contributed by atoms with Gasteiger partial charge in [-0.15, -0.1) is 0 Å². The average Bonchev–Trinajstić information content (AvgIpc) is 2.72. The number of benzene rings is 1. The lowest BCUT2D eigenvalue weighted by Gasteiger charge is -2.12. The van der Waals surface area contributed by atoms with Crippen LogP contribution < -0.4 is 10.6 Å². The number of carbonyl (C=O) groups is 3. The number of hydrogen-bond donors (Lipinski definition) is 2. The molecule has 0 spiro atoms. The predicted molar refractivity (Wildman–Crippen MR) is 73.2 cm³/mol. The number of aromatic carboxylic acids is 1. The molecule has 1 aliphatic rings. The Morgan fingerprint density at radius 1 is 1.19 bits per heavy atom. The molecule has 1 aromatic heterocycles. The topological polar surface area (TPSA) is 114 Å². The molecule has 0 saturated carbocycles. The van der Waals surface area contributed by atoms with Gasteiger partial charge in [0, 0.05) is 11.9 Å². The fraction of sp³-hybridized carbons (Fsp3) is 0. The maximum Gasteiger partial charge on any atom is 0.335 e. The van der Waals surface area contributed by atoms with Gasteiger partial charge >= 0.3 is 5.97 Å². The molecule has 2 amide bonds. The smallest absolute Gasteiger partial charge is 0.335 e. The second-order valence-corrected chi connectivity index (χ2v) is 4.42. The largest absolute Gasteiger partial charge is 0.478 e. The van der Waals surface area contributed by atoms with Crippen LogP contribution >= 0.6 is 0 Å². The molecule has 1 aliphatic heterocycles. The lowest BCUT2D eigenvalue weighted by molar-refractivity contribution is 0.0695. The van der Waals surface area contributed by atoms with Crippen molar-refractivity contribution in [3.05, 3.63) is 53.2 Å². The molecule has 7 heteroatoms. The van der Waals surface area contributed by atoms with Gasteiger partial charge in [0.1, 0.15) is 5.82 Å². The highest BCUT2D eigenvalue weighted by atomic mass is 16.4. The fourth-order valence-corrected chi connectivity index (χ4v) is 2.19. The van der Waals surface area contributed by atoms with Gasteiger partial charge in [-0.25, -0.2) is 14.7 Å². The van der Waals surface area contributed by atoms with Gasteiger partial charge in [-0.1, -0.05) is 6.07 Å². The molecular formula is C14H9N3O4. The Labute approximate surface area is 118 Å². The third kappa shape index (κ3) is 1.83. The van der Waals surface area contributed by atoms with E-state index in [0.29, 0.717) is 0 Å². The molecule has 0 aliphatic carbocycles. The first-order valence-electron chi connectivity index (χ1n) is 5.97. The van der Waals surface area contributed by atoms with Gasteiger partial charge in [-0.2, -0.15) is 0 Å². The Kier molecular flexibility index (Phi) is 2.69. The van der Waals surface area contributed by atoms with E-state index in [4.69, 9.17) is 10.8 Å². The summed E-state index contributed by atoms with van der Waals surface area (Å²) in [6.07, 6.45) is 1.23. The molecule has 0 unspecified atom stereocenters. The summed E-state index contributed by atoms with van der Waals surface area (Å²) in [6.45, 7) is 0. The van der Waals surface area contributed by atoms with Gasteiger partial charge in [0.15, 0.2) is 0 Å². The molecule has 0 radical (unpaired) electrons. The molecule has 0 saturated heterocycles. The van der Waals surface area contributed by atoms with E-state index < -0.39 is 17.8 Å². The van der Waals surface area contributed by atoms with Gasteiger partial charge in [0.25, 0.3) is 11.8 Å². The third-order valence-corrected chi connectivity index (χ3v) is 3.17. The van der Waals surface area contributed by atoms with Crippen LogP contribution in [0, 0.1) is 0 Å². The van der Waals surface area contributed by atoms with Crippen molar-refractivity contribution in [1.29, 1.82) is 0 Å². The third-order valence-electron chi connectivity index (χ3n) is 3.17. The van der Waals surface area contributed by atoms with Crippen molar-refractivity contribution < 1.29 is 19.5 Å². The maximum absolute atomic E-state index is 12.3. The number of hydrogen-bond acceptors (Lipinski definition) is 5. The van der Waals surface area contributed by atoms with Crippen LogP contribution in [0.2, 0.25) is 0 Å². The Hall–Kier alpha value is -3.22. The Bertz CT molecular complexity index is 801. The molecule has 3 N–H and O–H groups in total. The Balaban J connectivity index is 2.12. The van der Waals surface area contributed by atoms with Crippen molar-refractivity contribution in [3.63, 3.8) is 0 Å². The Morgan fingerprint density at radius 3 is 2.62 bits per heavy atom. The standard InChI is InChI=1S/C14H9N3O4/c15-9-3-1-2-8-11(9)13(19)17(12(8)18)10-6-7(14(20)21)4-5-16-10/h1-6H,15H2,(H,20,21). The molecule has 1 aromatic carbocycles. The van der Waals surface area contributed by atoms with Crippen LogP contribution in [-0.2, 0) is 0 Å². The minimum absolute atomic E-state index is 0.0412. The lowest BCUT2D eigenvalue weighted by Crippen LogP contribution is -2.30. The van der Waals surface area contributed by atoms with Crippen molar-refractivity contribution in [3.8, 4) is 0 Å². The normalized spacial score (nSPS) is 13.4. The van der Waals surface area contributed by atoms with Crippen molar-refractivity contribution in [2.75, 3.05) is 10.6 Å². The van der Waals surface area contributed by atoms with Gasteiger partial charge in [-0.3, -0.25) is 9.59 Å². The SMILES string of the molecule is Nc1cccc2c1C(=O)N(c1cc(C(=O)O)ccn1)C2=O. The number of nitrogens with two attached hydrogens (primary N) is 1. The number of carbonyl (C=O) groups excluding carboxylic acids is 2. The van der Waals surface area contributed by atoms with E-state index in [2.05, 4.69) is 4.98 Å². The number of carboxylic acids is 1. The van der Waals surface area contributed by atoms with Gasteiger partial charge < -0.3 is 10.8 Å². The van der Waals surface area contributed by atoms with E-state index in [1.165, 1.54) is 30.5 Å². The number of carboxylic acid groups (broad SMARTS) is 1. The Morgan fingerprint density at radius 2 is 1.95 bits per heavy atom. The summed E-state index contributed by atoms with van der Waals surface area (Å²) in [6, 6.07) is 7.03. The number of amides is 2. The van der Waals surface area contributed by atoms with Crippen LogP contribution in [0.3, 0.4) is 0 Å². The number of pyridine rings is 1. The highest BCUT2D eigenvalue weighted by Gasteiger charge is 2.38. The van der Waals surface area contributed by atoms with Crippen LogP contribution in [0.5, 0.6) is 0 Å². The van der Waals surface area contributed by atoms with Crippen LogP contribution in [-0.4, -0.2) is 27.9 Å². The maximum atomic E-state index is 12.3. The first kappa shape index (κ1) is 12.8. The second-order valence-electron chi connectivity index (χ2n) is 4.42. The molecule has 3 rings (SSSR count). The van der Waals surface area contributed by atoms with E-state index in [1.807, 2.05) is 0 Å². The van der Waals surface area contributed by atoms with Crippen molar-refractivity contribution in [1.82, 2.24) is 4.98 Å². The number of nitrogen functional groups attached to an aromatic ring is 1. The van der Waals surface area contributed by atoms with Gasteiger partial charge in [-0.05, 0) is 24.3 Å². The molecule has 104 valence electrons. The predicted octanol–water partition coefficient (Wildman–Crippen LogP) is 1.16. The molecule has 0 fully saturated rings. The highest BCUT2D eigenvalue weighted by molar-refractivity contribution is 6.35. The summed E-state index contributed by atoms with van der Waals surface area (Å²) in [5, 5.41) is 8.97. The molecule has 0 atom stereocenters. The van der Waals surface area contributed by atoms with E-state index in [-0.39, 0.29) is 28.2 Å². The molecule has 0 bridgehead atoms. The minimum Gasteiger partial charge on any atom is -0.478 e. The van der Waals surface area contributed by atoms with E-state index in [9.17, 15) is 14.4 Å². The number of fused-ring (bicyclic) bond motifs is 1. The van der Waals surface area contributed by atoms with Crippen molar-refractivity contribution in [2.45, 2.75) is 0 Å². The van der Waals surface area contributed by atoms with Crippen LogP contribution in [0.25, 0.3) is 0 Å². The number of nitrogens with zero attached hydrogens (tertiary/aromatic N) is 2. The lowest BCUT2D eigenvalue weighted by atomic mass is 10.1. The molecule has 7 nitrogen and oxygen atoms in total. The summed E-state index contributed by atoms with van der Waals surface area (Å²) in [4.78, 5) is 40.3. The minimum atomic E-state index is -1.17. The van der Waals surface area contributed by atoms with Crippen molar-refractivity contribution >= 4 is 29.3 Å². The van der Waals surface area contributed by atoms with E-state index in [1.54, 1.807) is 6.07 Å². The van der Waals surface area contributed by atoms with Crippen molar-refractivity contribution in [2.24, 2.45) is 0 Å². The zero-order valence-corrected chi connectivity index (χ0v) is 10.6. The summed E-state index contributed by atoms with van der Waals surface area (Å²) < 4.78 is 0. The quantitative estimate of drug-likeness (QED) is 0.631. The average molecular weight is 283 g/mol. The van der Waals surface area contributed by atoms with Gasteiger partial charge in [0.2, 0.25) is 0 Å². The monoisotopic (exact) mass is 283 g/mol. The first-order valence-corrected chi connectivity index (χ1v) is 5.97.